The highest BCUT2D eigenvalue weighted by atomic mass is 16.3. The van der Waals surface area contributed by atoms with Gasteiger partial charge in [-0.15, -0.1) is 0 Å². The molecule has 0 saturated carbocycles. The third-order valence-corrected chi connectivity index (χ3v) is 4.17. The number of nitrogens with zero attached hydrogens (tertiary/aromatic N) is 5. The fraction of sp³-hybridized carbons (Fsp3) is 0.412. The molecule has 2 amide bonds. The molecular weight excluding hydrogens is 322 g/mol. The molecule has 2 aromatic heterocycles. The van der Waals surface area contributed by atoms with E-state index in [-0.39, 0.29) is 18.4 Å². The van der Waals surface area contributed by atoms with Gasteiger partial charge in [0.1, 0.15) is 12.3 Å². The van der Waals surface area contributed by atoms with Crippen molar-refractivity contribution in [1.29, 1.82) is 0 Å². The zero-order chi connectivity index (χ0) is 17.6. The van der Waals surface area contributed by atoms with Gasteiger partial charge in [-0.3, -0.25) is 9.59 Å². The number of carbonyl (C=O) groups is 2. The van der Waals surface area contributed by atoms with Gasteiger partial charge in [-0.2, -0.15) is 0 Å². The minimum atomic E-state index is -0.152. The summed E-state index contributed by atoms with van der Waals surface area (Å²) < 4.78 is 5.26. The molecule has 3 rings (SSSR count). The standard InChI is InChI=1S/C17H21N5O3/c1-14(23)22(12-15-4-2-11-25-15)13-16(24)20-7-9-21(10-8-20)17-18-5-3-6-19-17/h2-6,11H,7-10,12-13H2,1H3. The van der Waals surface area contributed by atoms with Crippen LogP contribution in [0.25, 0.3) is 0 Å². The summed E-state index contributed by atoms with van der Waals surface area (Å²) in [7, 11) is 0. The van der Waals surface area contributed by atoms with E-state index in [2.05, 4.69) is 14.9 Å². The zero-order valence-corrected chi connectivity index (χ0v) is 14.2. The minimum absolute atomic E-state index is 0.0534. The van der Waals surface area contributed by atoms with Crippen LogP contribution in [0.4, 0.5) is 5.95 Å². The van der Waals surface area contributed by atoms with Crippen LogP contribution in [0.3, 0.4) is 0 Å². The number of piperazine rings is 1. The molecule has 25 heavy (non-hydrogen) atoms. The maximum absolute atomic E-state index is 12.5. The summed E-state index contributed by atoms with van der Waals surface area (Å²) in [6, 6.07) is 5.33. The Morgan fingerprint density at radius 1 is 1.16 bits per heavy atom. The number of hydrogen-bond donors (Lipinski definition) is 0. The molecule has 1 fully saturated rings. The molecule has 0 atom stereocenters. The molecule has 3 heterocycles. The molecule has 0 bridgehead atoms. The summed E-state index contributed by atoms with van der Waals surface area (Å²) in [4.78, 5) is 38.1. The fourth-order valence-electron chi connectivity index (χ4n) is 2.74. The van der Waals surface area contributed by atoms with E-state index in [1.807, 2.05) is 0 Å². The molecule has 1 saturated heterocycles. The monoisotopic (exact) mass is 343 g/mol. The third kappa shape index (κ3) is 4.34. The van der Waals surface area contributed by atoms with Gasteiger partial charge in [0.05, 0.1) is 12.8 Å². The third-order valence-electron chi connectivity index (χ3n) is 4.17. The number of amides is 2. The lowest BCUT2D eigenvalue weighted by atomic mass is 10.3. The number of aromatic nitrogens is 2. The van der Waals surface area contributed by atoms with Crippen molar-refractivity contribution < 1.29 is 14.0 Å². The SMILES string of the molecule is CC(=O)N(CC(=O)N1CCN(c2ncccn2)CC1)Cc1ccco1. The molecule has 2 aromatic rings. The highest BCUT2D eigenvalue weighted by molar-refractivity contribution is 5.84. The summed E-state index contributed by atoms with van der Waals surface area (Å²) in [5.41, 5.74) is 0. The summed E-state index contributed by atoms with van der Waals surface area (Å²) in [6.07, 6.45) is 4.97. The molecule has 0 spiro atoms. The number of anilines is 1. The van der Waals surface area contributed by atoms with Crippen molar-refractivity contribution >= 4 is 17.8 Å². The van der Waals surface area contributed by atoms with Gasteiger partial charge in [0.2, 0.25) is 17.8 Å². The van der Waals surface area contributed by atoms with Crippen molar-refractivity contribution in [2.75, 3.05) is 37.6 Å². The van der Waals surface area contributed by atoms with Gasteiger partial charge in [-0.1, -0.05) is 0 Å². The maximum Gasteiger partial charge on any atom is 0.242 e. The molecule has 1 aliphatic rings. The first-order valence-electron chi connectivity index (χ1n) is 8.21. The topological polar surface area (TPSA) is 82.8 Å². The molecule has 8 nitrogen and oxygen atoms in total. The molecule has 0 aliphatic carbocycles. The smallest absolute Gasteiger partial charge is 0.242 e. The lowest BCUT2D eigenvalue weighted by molar-refractivity contribution is -0.140. The Morgan fingerprint density at radius 2 is 1.88 bits per heavy atom. The molecule has 132 valence electrons. The van der Waals surface area contributed by atoms with Gasteiger partial charge in [-0.25, -0.2) is 9.97 Å². The Bertz CT molecular complexity index is 696. The summed E-state index contributed by atoms with van der Waals surface area (Å²) in [5.74, 6) is 1.13. The van der Waals surface area contributed by atoms with Crippen molar-refractivity contribution in [3.8, 4) is 0 Å². The molecule has 1 aliphatic heterocycles. The molecule has 0 radical (unpaired) electrons. The Labute approximate surface area is 146 Å². The first-order valence-corrected chi connectivity index (χ1v) is 8.21. The number of furan rings is 1. The molecule has 0 N–H and O–H groups in total. The van der Waals surface area contributed by atoms with Gasteiger partial charge >= 0.3 is 0 Å². The highest BCUT2D eigenvalue weighted by Crippen LogP contribution is 2.11. The Hall–Kier alpha value is -2.90. The number of hydrogen-bond acceptors (Lipinski definition) is 6. The van der Waals surface area contributed by atoms with Crippen LogP contribution in [0, 0.1) is 0 Å². The quantitative estimate of drug-likeness (QED) is 0.797. The van der Waals surface area contributed by atoms with Crippen LogP contribution in [0.5, 0.6) is 0 Å². The van der Waals surface area contributed by atoms with Crippen LogP contribution >= 0.6 is 0 Å². The number of carbonyl (C=O) groups excluding carboxylic acids is 2. The van der Waals surface area contributed by atoms with Gasteiger partial charge in [0.25, 0.3) is 0 Å². The summed E-state index contributed by atoms with van der Waals surface area (Å²) >= 11 is 0. The second kappa shape index (κ2) is 7.78. The van der Waals surface area contributed by atoms with Crippen LogP contribution in [0.2, 0.25) is 0 Å². The lowest BCUT2D eigenvalue weighted by Crippen LogP contribution is -2.52. The summed E-state index contributed by atoms with van der Waals surface area (Å²) in [5, 5.41) is 0. The Balaban J connectivity index is 1.53. The van der Waals surface area contributed by atoms with Crippen molar-refractivity contribution in [2.24, 2.45) is 0 Å². The molecule has 8 heteroatoms. The van der Waals surface area contributed by atoms with Gasteiger partial charge < -0.3 is 19.1 Å². The molecular formula is C17H21N5O3. The first-order chi connectivity index (χ1) is 12.1. The van der Waals surface area contributed by atoms with E-state index in [0.717, 1.165) is 0 Å². The first kappa shape index (κ1) is 16.9. The normalized spacial score (nSPS) is 14.4. The van der Waals surface area contributed by atoms with E-state index in [9.17, 15) is 9.59 Å². The van der Waals surface area contributed by atoms with Crippen LogP contribution in [0.1, 0.15) is 12.7 Å². The zero-order valence-electron chi connectivity index (χ0n) is 14.2. The van der Waals surface area contributed by atoms with E-state index in [1.54, 1.807) is 41.8 Å². The Kier molecular flexibility index (Phi) is 5.27. The van der Waals surface area contributed by atoms with Gasteiger partial charge in [0, 0.05) is 45.5 Å². The fourth-order valence-corrected chi connectivity index (χ4v) is 2.74. The van der Waals surface area contributed by atoms with Crippen molar-refractivity contribution in [3.05, 3.63) is 42.6 Å². The predicted molar refractivity (Wildman–Crippen MR) is 90.6 cm³/mol. The minimum Gasteiger partial charge on any atom is -0.467 e. The van der Waals surface area contributed by atoms with E-state index >= 15 is 0 Å². The van der Waals surface area contributed by atoms with Crippen LogP contribution < -0.4 is 4.90 Å². The average Bonchev–Trinajstić information content (AvgIpc) is 3.15. The largest absolute Gasteiger partial charge is 0.467 e. The van der Waals surface area contributed by atoms with Crippen molar-refractivity contribution in [1.82, 2.24) is 19.8 Å². The number of rotatable bonds is 5. The summed E-state index contributed by atoms with van der Waals surface area (Å²) in [6.45, 7) is 4.33. The van der Waals surface area contributed by atoms with E-state index in [0.29, 0.717) is 44.4 Å². The second-order valence-corrected chi connectivity index (χ2v) is 5.87. The predicted octanol–water partition coefficient (Wildman–Crippen LogP) is 0.767. The second-order valence-electron chi connectivity index (χ2n) is 5.87. The van der Waals surface area contributed by atoms with Crippen LogP contribution in [-0.2, 0) is 16.1 Å². The van der Waals surface area contributed by atoms with Crippen molar-refractivity contribution in [2.45, 2.75) is 13.5 Å². The van der Waals surface area contributed by atoms with Crippen LogP contribution in [0.15, 0.2) is 41.3 Å². The van der Waals surface area contributed by atoms with Crippen LogP contribution in [-0.4, -0.2) is 64.3 Å². The Morgan fingerprint density at radius 3 is 2.48 bits per heavy atom. The van der Waals surface area contributed by atoms with Crippen molar-refractivity contribution in [3.63, 3.8) is 0 Å². The average molecular weight is 343 g/mol. The van der Waals surface area contributed by atoms with Gasteiger partial charge in [0.15, 0.2) is 0 Å². The lowest BCUT2D eigenvalue weighted by Gasteiger charge is -2.35. The van der Waals surface area contributed by atoms with E-state index < -0.39 is 0 Å². The molecule has 0 aromatic carbocycles. The van der Waals surface area contributed by atoms with Gasteiger partial charge in [-0.05, 0) is 18.2 Å². The molecule has 0 unspecified atom stereocenters. The van der Waals surface area contributed by atoms with E-state index in [1.165, 1.54) is 11.8 Å². The maximum atomic E-state index is 12.5. The highest BCUT2D eigenvalue weighted by Gasteiger charge is 2.25. The van der Waals surface area contributed by atoms with E-state index in [4.69, 9.17) is 4.42 Å².